The highest BCUT2D eigenvalue weighted by atomic mass is 79.9. The molecule has 17 heavy (non-hydrogen) atoms. The van der Waals surface area contributed by atoms with Crippen LogP contribution in [-0.4, -0.2) is 19.7 Å². The lowest BCUT2D eigenvalue weighted by Crippen LogP contribution is -1.92. The molecule has 0 atom stereocenters. The number of hydrogen-bond donors (Lipinski definition) is 1. The van der Waals surface area contributed by atoms with Crippen LogP contribution < -0.4 is 0 Å². The Balaban J connectivity index is 2.18. The smallest absolute Gasteiger partial charge is 0.155 e. The Labute approximate surface area is 106 Å². The maximum absolute atomic E-state index is 9.44. The van der Waals surface area contributed by atoms with Crippen LogP contribution in [0.25, 0.3) is 16.8 Å². The highest BCUT2D eigenvalue weighted by Gasteiger charge is 2.04. The summed E-state index contributed by atoms with van der Waals surface area (Å²) in [6, 6.07) is 8.99. The Hall–Kier alpha value is -1.88. The SMILES string of the molecule is Oc1cccc(-c2cnn3c(Br)cnc3c2)c1. The van der Waals surface area contributed by atoms with Gasteiger partial charge in [-0.3, -0.25) is 0 Å². The molecule has 4 nitrogen and oxygen atoms in total. The van der Waals surface area contributed by atoms with Gasteiger partial charge in [0.15, 0.2) is 5.65 Å². The number of halogens is 1. The number of fused-ring (bicyclic) bond motifs is 1. The van der Waals surface area contributed by atoms with E-state index in [4.69, 9.17) is 0 Å². The van der Waals surface area contributed by atoms with Gasteiger partial charge in [-0.1, -0.05) is 12.1 Å². The summed E-state index contributed by atoms with van der Waals surface area (Å²) in [5.74, 6) is 0.242. The van der Waals surface area contributed by atoms with Crippen LogP contribution in [0.1, 0.15) is 0 Å². The largest absolute Gasteiger partial charge is 0.508 e. The van der Waals surface area contributed by atoms with Gasteiger partial charge < -0.3 is 5.11 Å². The van der Waals surface area contributed by atoms with Crippen molar-refractivity contribution in [3.05, 3.63) is 47.3 Å². The second kappa shape index (κ2) is 3.85. The highest BCUT2D eigenvalue weighted by Crippen LogP contribution is 2.24. The molecule has 0 radical (unpaired) electrons. The molecule has 0 fully saturated rings. The van der Waals surface area contributed by atoms with Crippen LogP contribution in [0.4, 0.5) is 0 Å². The quantitative estimate of drug-likeness (QED) is 0.749. The fourth-order valence-electron chi connectivity index (χ4n) is 1.69. The fourth-order valence-corrected chi connectivity index (χ4v) is 2.07. The fraction of sp³-hybridized carbons (Fsp3) is 0. The van der Waals surface area contributed by atoms with E-state index in [0.29, 0.717) is 0 Å². The Kier molecular flexibility index (Phi) is 2.33. The molecule has 1 aromatic carbocycles. The predicted molar refractivity (Wildman–Crippen MR) is 67.8 cm³/mol. The molecule has 1 N–H and O–H groups in total. The Morgan fingerprint density at radius 3 is 2.82 bits per heavy atom. The van der Waals surface area contributed by atoms with Crippen molar-refractivity contribution in [2.75, 3.05) is 0 Å². The third-order valence-electron chi connectivity index (χ3n) is 2.50. The van der Waals surface area contributed by atoms with E-state index in [9.17, 15) is 5.11 Å². The number of phenols is 1. The summed E-state index contributed by atoms with van der Waals surface area (Å²) in [5.41, 5.74) is 2.60. The topological polar surface area (TPSA) is 50.4 Å². The summed E-state index contributed by atoms with van der Waals surface area (Å²) in [5, 5.41) is 13.7. The van der Waals surface area contributed by atoms with Gasteiger partial charge in [-0.2, -0.15) is 5.10 Å². The van der Waals surface area contributed by atoms with Crippen molar-refractivity contribution in [1.82, 2.24) is 14.6 Å². The van der Waals surface area contributed by atoms with E-state index in [1.54, 1.807) is 35.1 Å². The molecular weight excluding hydrogens is 282 g/mol. The van der Waals surface area contributed by atoms with E-state index in [0.717, 1.165) is 21.4 Å². The van der Waals surface area contributed by atoms with E-state index in [2.05, 4.69) is 26.0 Å². The molecule has 2 aromatic heterocycles. The number of phenolic OH excluding ortho intramolecular Hbond substituents is 1. The molecule has 0 saturated heterocycles. The number of nitrogens with zero attached hydrogens (tertiary/aromatic N) is 3. The standard InChI is InChI=1S/C12H8BrN3O/c13-11-7-14-12-5-9(6-15-16(11)12)8-2-1-3-10(17)4-8/h1-7,17H. The van der Waals surface area contributed by atoms with Gasteiger partial charge in [-0.15, -0.1) is 0 Å². The summed E-state index contributed by atoms with van der Waals surface area (Å²) in [4.78, 5) is 4.22. The van der Waals surface area contributed by atoms with E-state index >= 15 is 0 Å². The van der Waals surface area contributed by atoms with Crippen molar-refractivity contribution < 1.29 is 5.11 Å². The molecule has 0 spiro atoms. The first-order valence-electron chi connectivity index (χ1n) is 5.03. The Morgan fingerprint density at radius 2 is 2.00 bits per heavy atom. The number of aromatic nitrogens is 3. The Bertz CT molecular complexity index is 693. The van der Waals surface area contributed by atoms with Crippen molar-refractivity contribution in [3.8, 4) is 16.9 Å². The average Bonchev–Trinajstić information content (AvgIpc) is 2.71. The first kappa shape index (κ1) is 10.3. The molecule has 0 bridgehead atoms. The van der Waals surface area contributed by atoms with E-state index in [-0.39, 0.29) is 5.75 Å². The lowest BCUT2D eigenvalue weighted by atomic mass is 10.1. The van der Waals surface area contributed by atoms with Crippen LogP contribution in [-0.2, 0) is 0 Å². The van der Waals surface area contributed by atoms with E-state index in [1.807, 2.05) is 12.1 Å². The van der Waals surface area contributed by atoms with Crippen LogP contribution in [0.2, 0.25) is 0 Å². The zero-order valence-corrected chi connectivity index (χ0v) is 10.3. The molecule has 84 valence electrons. The van der Waals surface area contributed by atoms with Gasteiger partial charge in [0.05, 0.1) is 12.4 Å². The zero-order valence-electron chi connectivity index (χ0n) is 8.71. The molecule has 0 unspecified atom stereocenters. The van der Waals surface area contributed by atoms with Crippen LogP contribution in [0.15, 0.2) is 47.3 Å². The van der Waals surface area contributed by atoms with Gasteiger partial charge in [0.1, 0.15) is 10.4 Å². The molecule has 0 amide bonds. The van der Waals surface area contributed by atoms with Gasteiger partial charge in [0.2, 0.25) is 0 Å². The maximum atomic E-state index is 9.44. The molecule has 0 aliphatic rings. The maximum Gasteiger partial charge on any atom is 0.155 e. The van der Waals surface area contributed by atoms with Crippen molar-refractivity contribution in [1.29, 1.82) is 0 Å². The molecule has 0 saturated carbocycles. The van der Waals surface area contributed by atoms with E-state index < -0.39 is 0 Å². The van der Waals surface area contributed by atoms with Crippen LogP contribution >= 0.6 is 15.9 Å². The van der Waals surface area contributed by atoms with Crippen molar-refractivity contribution in [2.24, 2.45) is 0 Å². The third kappa shape index (κ3) is 1.78. The summed E-state index contributed by atoms with van der Waals surface area (Å²) >= 11 is 3.36. The second-order valence-corrected chi connectivity index (χ2v) is 4.46. The number of hydrogen-bond acceptors (Lipinski definition) is 3. The summed E-state index contributed by atoms with van der Waals surface area (Å²) in [7, 11) is 0. The zero-order chi connectivity index (χ0) is 11.8. The predicted octanol–water partition coefficient (Wildman–Crippen LogP) is 2.86. The van der Waals surface area contributed by atoms with Gasteiger partial charge >= 0.3 is 0 Å². The average molecular weight is 290 g/mol. The van der Waals surface area contributed by atoms with Crippen LogP contribution in [0.5, 0.6) is 5.75 Å². The van der Waals surface area contributed by atoms with E-state index in [1.165, 1.54) is 0 Å². The summed E-state index contributed by atoms with van der Waals surface area (Å²) in [6.07, 6.45) is 3.45. The van der Waals surface area contributed by atoms with Gasteiger partial charge in [-0.05, 0) is 39.7 Å². The lowest BCUT2D eigenvalue weighted by Gasteiger charge is -2.02. The monoisotopic (exact) mass is 289 g/mol. The Morgan fingerprint density at radius 1 is 1.12 bits per heavy atom. The van der Waals surface area contributed by atoms with Gasteiger partial charge in [0, 0.05) is 5.56 Å². The van der Waals surface area contributed by atoms with Gasteiger partial charge in [0.25, 0.3) is 0 Å². The third-order valence-corrected chi connectivity index (χ3v) is 3.04. The number of aromatic hydroxyl groups is 1. The first-order chi connectivity index (χ1) is 8.24. The van der Waals surface area contributed by atoms with Gasteiger partial charge in [-0.25, -0.2) is 9.50 Å². The second-order valence-electron chi connectivity index (χ2n) is 3.65. The van der Waals surface area contributed by atoms with Crippen molar-refractivity contribution in [2.45, 2.75) is 0 Å². The van der Waals surface area contributed by atoms with Crippen molar-refractivity contribution in [3.63, 3.8) is 0 Å². The minimum absolute atomic E-state index is 0.242. The number of imidazole rings is 1. The molecule has 5 heteroatoms. The molecular formula is C12H8BrN3O. The first-order valence-corrected chi connectivity index (χ1v) is 5.82. The number of benzene rings is 1. The lowest BCUT2D eigenvalue weighted by molar-refractivity contribution is 0.475. The minimum Gasteiger partial charge on any atom is -0.508 e. The molecule has 3 aromatic rings. The van der Waals surface area contributed by atoms with Crippen LogP contribution in [0, 0.1) is 0 Å². The summed E-state index contributed by atoms with van der Waals surface area (Å²) < 4.78 is 2.52. The molecule has 3 rings (SSSR count). The van der Waals surface area contributed by atoms with Crippen LogP contribution in [0.3, 0.4) is 0 Å². The highest BCUT2D eigenvalue weighted by molar-refractivity contribution is 9.10. The summed E-state index contributed by atoms with van der Waals surface area (Å²) in [6.45, 7) is 0. The van der Waals surface area contributed by atoms with Crippen molar-refractivity contribution >= 4 is 21.6 Å². The number of rotatable bonds is 1. The molecule has 0 aliphatic carbocycles. The minimum atomic E-state index is 0.242. The normalized spacial score (nSPS) is 10.9. The molecule has 0 aliphatic heterocycles. The molecule has 2 heterocycles.